The predicted molar refractivity (Wildman–Crippen MR) is 532 cm³/mol. The van der Waals surface area contributed by atoms with E-state index < -0.39 is 0 Å². The van der Waals surface area contributed by atoms with E-state index >= 15 is 0 Å². The Balaban J connectivity index is 0.000000105. The summed E-state index contributed by atoms with van der Waals surface area (Å²) in [4.78, 5) is 17.1. The van der Waals surface area contributed by atoms with Crippen LogP contribution in [0, 0.1) is 0 Å². The van der Waals surface area contributed by atoms with Crippen molar-refractivity contribution in [2.24, 2.45) is 0 Å². The number of thiophene rings is 2. The van der Waals surface area contributed by atoms with Gasteiger partial charge < -0.3 is 18.6 Å². The van der Waals surface area contributed by atoms with Crippen LogP contribution in [0.1, 0.15) is 99.9 Å². The molecule has 4 aliphatic carbocycles. The van der Waals surface area contributed by atoms with Gasteiger partial charge in [0.1, 0.15) is 0 Å². The summed E-state index contributed by atoms with van der Waals surface area (Å²) < 4.78 is 12.5. The number of rotatable bonds is 7. The van der Waals surface area contributed by atoms with Gasteiger partial charge >= 0.3 is 0 Å². The molecule has 0 saturated heterocycles. The van der Waals surface area contributed by atoms with Gasteiger partial charge in [-0.25, -0.2) is 0 Å². The second kappa shape index (κ2) is 27.4. The second-order valence-corrected chi connectivity index (χ2v) is 38.6. The molecule has 0 N–H and O–H groups in total. The van der Waals surface area contributed by atoms with Gasteiger partial charge in [-0.3, -0.25) is 15.0 Å². The molecule has 0 unspecified atom stereocenters. The maximum Gasteiger partial charge on any atom is 0.0963 e. The Morgan fingerprint density at radius 3 is 1.06 bits per heavy atom. The standard InChI is InChI=1S/C47H37N3.C38H26N2S.C32H22N2S/c1-46(2)39-17-10-8-15-34(39)36-25-24-33(27-41(36)46)49(30-13-6-5-7-14-30)31-20-22-32(23-21-31)50-43-19-12-26-48-45(43)38-28-42-37(29-44(38)50)35-16-9-11-18-40(35)47(42,3)4;1-38(2)31-13-5-3-9-26(31)29-22-34-30(21-32(29)38)36-33(14-8-20-39-36)40(34)24-18-16-23(17-19-24)25-11-7-12-28-27-10-4-6-15-35(27)41-37(25)28;1-32(2)24-12-5-3-9-19(24)22-18-28-23(17-25(22)32)30-26(14-8-16-33-30)34(28)27-13-7-11-21-20-10-4-6-15-29(20)35-31(21)27/h5-29H,1-4H3;3-22H,1-2H3;3-18H,1-2H3. The van der Waals surface area contributed by atoms with Crippen molar-refractivity contribution in [3.05, 3.63) is 415 Å². The fourth-order valence-electron chi connectivity index (χ4n) is 22.2. The highest BCUT2D eigenvalue weighted by atomic mass is 32.1. The van der Waals surface area contributed by atoms with Crippen molar-refractivity contribution in [3.63, 3.8) is 0 Å². The third-order valence-corrected chi connectivity index (χ3v) is 30.8. The zero-order chi connectivity index (χ0) is 84.4. The smallest absolute Gasteiger partial charge is 0.0963 e. The van der Waals surface area contributed by atoms with Crippen molar-refractivity contribution in [1.29, 1.82) is 0 Å². The number of hydrogen-bond acceptors (Lipinski definition) is 6. The van der Waals surface area contributed by atoms with Crippen molar-refractivity contribution in [3.8, 4) is 72.7 Å². The molecule has 0 amide bonds. The van der Waals surface area contributed by atoms with E-state index in [2.05, 4.69) is 414 Å². The molecule has 126 heavy (non-hydrogen) atoms. The van der Waals surface area contributed by atoms with Gasteiger partial charge in [0.15, 0.2) is 0 Å². The molecule has 600 valence electrons. The monoisotopic (exact) mass is 1650 g/mol. The molecule has 27 rings (SSSR count). The van der Waals surface area contributed by atoms with Gasteiger partial charge in [0.2, 0.25) is 0 Å². The summed E-state index contributed by atoms with van der Waals surface area (Å²) in [5.74, 6) is 0. The van der Waals surface area contributed by atoms with E-state index in [-0.39, 0.29) is 21.7 Å². The lowest BCUT2D eigenvalue weighted by Crippen LogP contribution is -2.16. The van der Waals surface area contributed by atoms with E-state index in [1.54, 1.807) is 0 Å². The molecule has 0 bridgehead atoms. The third kappa shape index (κ3) is 10.8. The number of aromatic nitrogens is 6. The first-order valence-electron chi connectivity index (χ1n) is 43.8. The Kier molecular flexibility index (Phi) is 16.1. The lowest BCUT2D eigenvalue weighted by atomic mass is 9.82. The summed E-state index contributed by atoms with van der Waals surface area (Å²) in [5.41, 5.74) is 41.1. The fraction of sp³-hybridized carbons (Fsp3) is 0.103. The average Bonchev–Trinajstić information content (AvgIpc) is 1.61. The lowest BCUT2D eigenvalue weighted by molar-refractivity contribution is 0.660. The number of fused-ring (bicyclic) bond motifs is 27. The van der Waals surface area contributed by atoms with Crippen molar-refractivity contribution in [2.75, 3.05) is 4.90 Å². The highest BCUT2D eigenvalue weighted by molar-refractivity contribution is 7.26. The summed E-state index contributed by atoms with van der Waals surface area (Å²) in [6.07, 6.45) is 5.74. The van der Waals surface area contributed by atoms with Crippen LogP contribution in [0.2, 0.25) is 0 Å². The van der Waals surface area contributed by atoms with Gasteiger partial charge in [0, 0.05) is 120 Å². The SMILES string of the molecule is CC1(C)c2ccccc2-c2cc3c(cc21)c1ncccc1n3-c1ccc(-c2cccc3c2sc2ccccc23)cc1.CC1(C)c2ccccc2-c2cc3c(cc21)c1ncccc1n3-c1cccc2c1sc1ccccc12.CC1(C)c2ccccc2-c2ccc(N(c3ccccc3)c3ccc(-n4c5cc6c(cc5c5ncccc54)C(C)(C)c4ccccc4-6)cc3)cc21. The molecule has 9 heteroatoms. The minimum atomic E-state index is -0.0748. The van der Waals surface area contributed by atoms with Gasteiger partial charge in [-0.2, -0.15) is 0 Å². The van der Waals surface area contributed by atoms with Crippen molar-refractivity contribution >= 4 is 146 Å². The number of benzene rings is 15. The Bertz CT molecular complexity index is 8540. The number of hydrogen-bond donors (Lipinski definition) is 0. The normalized spacial score (nSPS) is 14.3. The van der Waals surface area contributed by atoms with Crippen LogP contribution < -0.4 is 4.90 Å². The molecule has 0 atom stereocenters. The predicted octanol–water partition coefficient (Wildman–Crippen LogP) is 31.6. The summed E-state index contributed by atoms with van der Waals surface area (Å²) in [6, 6.07) is 129. The Morgan fingerprint density at radius 1 is 0.230 bits per heavy atom. The molecule has 15 aromatic carbocycles. The van der Waals surface area contributed by atoms with E-state index in [0.717, 1.165) is 61.5 Å². The number of anilines is 3. The van der Waals surface area contributed by atoms with Gasteiger partial charge in [0.25, 0.3) is 0 Å². The van der Waals surface area contributed by atoms with Crippen LogP contribution in [-0.4, -0.2) is 28.7 Å². The second-order valence-electron chi connectivity index (χ2n) is 36.5. The van der Waals surface area contributed by atoms with Crippen LogP contribution in [0.3, 0.4) is 0 Å². The van der Waals surface area contributed by atoms with Crippen molar-refractivity contribution in [1.82, 2.24) is 28.7 Å². The van der Waals surface area contributed by atoms with Crippen LogP contribution in [0.5, 0.6) is 0 Å². The molecular formula is C117H85N7S2. The molecule has 8 aromatic heterocycles. The summed E-state index contributed by atoms with van der Waals surface area (Å²) >= 11 is 3.76. The summed E-state index contributed by atoms with van der Waals surface area (Å²) in [6.45, 7) is 18.7. The van der Waals surface area contributed by atoms with Crippen LogP contribution >= 0.6 is 22.7 Å². The third-order valence-electron chi connectivity index (χ3n) is 28.3. The van der Waals surface area contributed by atoms with Gasteiger partial charge in [-0.05, 0) is 252 Å². The largest absolute Gasteiger partial charge is 0.310 e. The highest BCUT2D eigenvalue weighted by Crippen LogP contribution is 2.57. The average molecular weight is 1650 g/mol. The minimum Gasteiger partial charge on any atom is -0.310 e. The molecule has 8 heterocycles. The molecule has 23 aromatic rings. The van der Waals surface area contributed by atoms with Crippen LogP contribution in [0.15, 0.2) is 370 Å². The van der Waals surface area contributed by atoms with Crippen molar-refractivity contribution in [2.45, 2.75) is 77.0 Å². The zero-order valence-corrected chi connectivity index (χ0v) is 72.8. The molecule has 0 fully saturated rings. The van der Waals surface area contributed by atoms with Gasteiger partial charge in [0.05, 0.1) is 60.0 Å². The molecule has 0 spiro atoms. The number of nitrogens with zero attached hydrogens (tertiary/aromatic N) is 7. The summed E-state index contributed by atoms with van der Waals surface area (Å²) in [5, 5.41) is 8.92. The van der Waals surface area contributed by atoms with Crippen molar-refractivity contribution < 1.29 is 0 Å². The first kappa shape index (κ1) is 74.1. The molecule has 4 aliphatic rings. The minimum absolute atomic E-state index is 0.0329. The number of pyridine rings is 3. The topological polar surface area (TPSA) is 56.7 Å². The Morgan fingerprint density at radius 2 is 0.579 bits per heavy atom. The van der Waals surface area contributed by atoms with Crippen LogP contribution in [0.4, 0.5) is 17.1 Å². The maximum atomic E-state index is 4.93. The van der Waals surface area contributed by atoms with Gasteiger partial charge in [-0.1, -0.05) is 256 Å². The Labute approximate surface area is 738 Å². The molecular weight excluding hydrogens is 1570 g/mol. The quantitative estimate of drug-likeness (QED) is 0.160. The highest BCUT2D eigenvalue weighted by Gasteiger charge is 2.41. The zero-order valence-electron chi connectivity index (χ0n) is 71.2. The number of para-hydroxylation sites is 1. The summed E-state index contributed by atoms with van der Waals surface area (Å²) in [7, 11) is 0. The van der Waals surface area contributed by atoms with Crippen LogP contribution in [-0.2, 0) is 21.7 Å². The first-order valence-corrected chi connectivity index (χ1v) is 45.4. The van der Waals surface area contributed by atoms with Crippen LogP contribution in [0.25, 0.3) is 179 Å². The van der Waals surface area contributed by atoms with E-state index in [1.165, 1.54) is 179 Å². The molecule has 0 aliphatic heterocycles. The Hall–Kier alpha value is -14.6. The van der Waals surface area contributed by atoms with E-state index in [1.807, 2.05) is 53.4 Å². The molecule has 0 radical (unpaired) electrons. The lowest BCUT2D eigenvalue weighted by Gasteiger charge is -2.28. The molecule has 7 nitrogen and oxygen atoms in total. The first-order chi connectivity index (χ1) is 61.5. The molecule has 0 saturated carbocycles. The maximum absolute atomic E-state index is 4.93. The van der Waals surface area contributed by atoms with E-state index in [9.17, 15) is 0 Å². The van der Waals surface area contributed by atoms with E-state index in [4.69, 9.17) is 15.0 Å². The fourth-order valence-corrected chi connectivity index (χ4v) is 24.6. The van der Waals surface area contributed by atoms with Gasteiger partial charge in [-0.15, -0.1) is 22.7 Å². The van der Waals surface area contributed by atoms with E-state index in [0.29, 0.717) is 0 Å².